The molecule has 0 aliphatic rings. The second kappa shape index (κ2) is 8.31. The topological polar surface area (TPSA) is 75.7 Å². The van der Waals surface area contributed by atoms with Crippen LogP contribution in [0.25, 0.3) is 0 Å². The lowest BCUT2D eigenvalue weighted by molar-refractivity contribution is -0.128. The lowest BCUT2D eigenvalue weighted by atomic mass is 10.1. The number of nitrogens with zero attached hydrogens (tertiary/aromatic N) is 1. The Bertz CT molecular complexity index is 656. The minimum absolute atomic E-state index is 0.166. The van der Waals surface area contributed by atoms with E-state index in [2.05, 4.69) is 4.72 Å². The van der Waals surface area contributed by atoms with Crippen molar-refractivity contribution in [1.82, 2.24) is 9.62 Å². The largest absolute Gasteiger partial charge is 0.496 e. The summed E-state index contributed by atoms with van der Waals surface area (Å²) in [6.45, 7) is 5.90. The summed E-state index contributed by atoms with van der Waals surface area (Å²) in [5.74, 6) is 0.390. The van der Waals surface area contributed by atoms with Gasteiger partial charge < -0.3 is 9.64 Å². The molecule has 0 aliphatic carbocycles. The Morgan fingerprint density at radius 1 is 1.26 bits per heavy atom. The number of hydrogen-bond donors (Lipinski definition) is 1. The smallest absolute Gasteiger partial charge is 0.241 e. The lowest BCUT2D eigenvalue weighted by Gasteiger charge is -2.17. The van der Waals surface area contributed by atoms with Crippen molar-refractivity contribution in [2.75, 3.05) is 27.2 Å². The summed E-state index contributed by atoms with van der Waals surface area (Å²) in [5.41, 5.74) is 1.30. The number of carbonyl (C=O) groups excluding carboxylic acids is 1. The van der Waals surface area contributed by atoms with Gasteiger partial charge in [0.25, 0.3) is 0 Å². The Morgan fingerprint density at radius 2 is 1.91 bits per heavy atom. The zero-order valence-corrected chi connectivity index (χ0v) is 15.3. The van der Waals surface area contributed by atoms with Crippen molar-refractivity contribution >= 4 is 15.9 Å². The molecule has 7 heteroatoms. The van der Waals surface area contributed by atoms with E-state index < -0.39 is 10.0 Å². The van der Waals surface area contributed by atoms with Crippen molar-refractivity contribution in [2.45, 2.75) is 38.5 Å². The molecule has 0 radical (unpaired) electrons. The van der Waals surface area contributed by atoms with Gasteiger partial charge in [-0.3, -0.25) is 4.79 Å². The number of hydrogen-bond acceptors (Lipinski definition) is 4. The van der Waals surface area contributed by atoms with Crippen molar-refractivity contribution in [3.8, 4) is 5.75 Å². The summed E-state index contributed by atoms with van der Waals surface area (Å²) < 4.78 is 32.4. The maximum absolute atomic E-state index is 12.4. The van der Waals surface area contributed by atoms with Crippen LogP contribution in [0.5, 0.6) is 5.75 Å². The Labute approximate surface area is 138 Å². The monoisotopic (exact) mass is 342 g/mol. The number of rotatable bonds is 8. The molecule has 1 aromatic rings. The number of sulfonamides is 1. The quantitative estimate of drug-likeness (QED) is 0.782. The van der Waals surface area contributed by atoms with Crippen LogP contribution in [0.15, 0.2) is 17.0 Å². The molecule has 0 unspecified atom stereocenters. The third kappa shape index (κ3) is 5.21. The Morgan fingerprint density at radius 3 is 2.48 bits per heavy atom. The fourth-order valence-corrected chi connectivity index (χ4v) is 3.45. The number of benzene rings is 1. The second-order valence-corrected chi connectivity index (χ2v) is 7.32. The molecule has 1 N–H and O–H groups in total. The summed E-state index contributed by atoms with van der Waals surface area (Å²) in [6, 6.07) is 3.24. The molecule has 0 atom stereocenters. The first-order valence-electron chi connectivity index (χ1n) is 7.61. The standard InChI is InChI=1S/C16H26N2O4S/c1-6-7-8-18(4)16(19)11-17-23(20,21)15-10-12(2)14(22-5)9-13(15)3/h9-10,17H,6-8,11H2,1-5H3. The minimum atomic E-state index is -3.74. The molecule has 23 heavy (non-hydrogen) atoms. The van der Waals surface area contributed by atoms with E-state index in [1.807, 2.05) is 6.92 Å². The number of likely N-dealkylation sites (N-methyl/N-ethyl adjacent to an activating group) is 1. The third-order valence-electron chi connectivity index (χ3n) is 3.67. The van der Waals surface area contributed by atoms with Crippen molar-refractivity contribution in [3.05, 3.63) is 23.3 Å². The van der Waals surface area contributed by atoms with Crippen molar-refractivity contribution < 1.29 is 17.9 Å². The van der Waals surface area contributed by atoms with Crippen molar-refractivity contribution in [1.29, 1.82) is 0 Å². The maximum atomic E-state index is 12.4. The Kier molecular flexibility index (Phi) is 7.02. The first-order valence-corrected chi connectivity index (χ1v) is 9.10. The Hall–Kier alpha value is -1.60. The number of unbranched alkanes of at least 4 members (excludes halogenated alkanes) is 1. The molecule has 0 saturated carbocycles. The first kappa shape index (κ1) is 19.4. The first-order chi connectivity index (χ1) is 10.7. The van der Waals surface area contributed by atoms with Gasteiger partial charge >= 0.3 is 0 Å². The van der Waals surface area contributed by atoms with Crippen LogP contribution in [0, 0.1) is 13.8 Å². The van der Waals surface area contributed by atoms with E-state index in [1.165, 1.54) is 4.90 Å². The maximum Gasteiger partial charge on any atom is 0.241 e. The SMILES string of the molecule is CCCCN(C)C(=O)CNS(=O)(=O)c1cc(C)c(OC)cc1C. The molecule has 1 rings (SSSR count). The van der Waals surface area contributed by atoms with E-state index in [0.29, 0.717) is 17.9 Å². The molecule has 0 bridgehead atoms. The zero-order valence-electron chi connectivity index (χ0n) is 14.5. The highest BCUT2D eigenvalue weighted by atomic mass is 32.2. The van der Waals surface area contributed by atoms with E-state index in [0.717, 1.165) is 18.4 Å². The number of carbonyl (C=O) groups is 1. The molecule has 1 aromatic carbocycles. The van der Waals surface area contributed by atoms with E-state index in [9.17, 15) is 13.2 Å². The number of amides is 1. The van der Waals surface area contributed by atoms with Crippen LogP contribution in [0.2, 0.25) is 0 Å². The normalized spacial score (nSPS) is 11.3. The highest BCUT2D eigenvalue weighted by Crippen LogP contribution is 2.25. The van der Waals surface area contributed by atoms with Gasteiger partial charge in [0.1, 0.15) is 5.75 Å². The van der Waals surface area contributed by atoms with Gasteiger partial charge in [0, 0.05) is 13.6 Å². The molecule has 1 amide bonds. The summed E-state index contributed by atoms with van der Waals surface area (Å²) in [7, 11) is -0.524. The van der Waals surface area contributed by atoms with Crippen molar-refractivity contribution in [2.24, 2.45) is 0 Å². The highest BCUT2D eigenvalue weighted by Gasteiger charge is 2.20. The van der Waals surface area contributed by atoms with Gasteiger partial charge in [0.2, 0.25) is 15.9 Å². The fourth-order valence-electron chi connectivity index (χ4n) is 2.16. The number of nitrogens with one attached hydrogen (secondary N) is 1. The van der Waals surface area contributed by atoms with E-state index in [4.69, 9.17) is 4.74 Å². The average Bonchev–Trinajstić information content (AvgIpc) is 2.51. The van der Waals surface area contributed by atoms with Gasteiger partial charge in [-0.05, 0) is 43.5 Å². The highest BCUT2D eigenvalue weighted by molar-refractivity contribution is 7.89. The van der Waals surface area contributed by atoms with Crippen LogP contribution in [0.1, 0.15) is 30.9 Å². The molecular formula is C16H26N2O4S. The van der Waals surface area contributed by atoms with Crippen LogP contribution in [0.4, 0.5) is 0 Å². The molecule has 0 heterocycles. The van der Waals surface area contributed by atoms with Crippen LogP contribution in [-0.2, 0) is 14.8 Å². The number of aryl methyl sites for hydroxylation is 2. The van der Waals surface area contributed by atoms with Gasteiger partial charge in [0.05, 0.1) is 18.6 Å². The molecule has 0 fully saturated rings. The molecule has 130 valence electrons. The van der Waals surface area contributed by atoms with Gasteiger partial charge in [-0.2, -0.15) is 0 Å². The molecule has 0 aromatic heterocycles. The predicted molar refractivity (Wildman–Crippen MR) is 90.2 cm³/mol. The van der Waals surface area contributed by atoms with Gasteiger partial charge in [-0.25, -0.2) is 13.1 Å². The van der Waals surface area contributed by atoms with E-state index in [-0.39, 0.29) is 17.3 Å². The van der Waals surface area contributed by atoms with Gasteiger partial charge in [-0.15, -0.1) is 0 Å². The molecule has 0 spiro atoms. The molecule has 6 nitrogen and oxygen atoms in total. The summed E-state index contributed by atoms with van der Waals surface area (Å²) in [4.78, 5) is 13.7. The third-order valence-corrected chi connectivity index (χ3v) is 5.21. The van der Waals surface area contributed by atoms with Crippen LogP contribution in [0.3, 0.4) is 0 Å². The van der Waals surface area contributed by atoms with Crippen LogP contribution < -0.4 is 9.46 Å². The van der Waals surface area contributed by atoms with Gasteiger partial charge in [0.15, 0.2) is 0 Å². The van der Waals surface area contributed by atoms with Crippen molar-refractivity contribution in [3.63, 3.8) is 0 Å². The summed E-state index contributed by atoms with van der Waals surface area (Å²) in [5, 5.41) is 0. The summed E-state index contributed by atoms with van der Waals surface area (Å²) >= 11 is 0. The number of methoxy groups -OCH3 is 1. The fraction of sp³-hybridized carbons (Fsp3) is 0.562. The van der Waals surface area contributed by atoms with E-state index in [1.54, 1.807) is 40.1 Å². The second-order valence-electron chi connectivity index (χ2n) is 5.58. The molecule has 0 aliphatic heterocycles. The minimum Gasteiger partial charge on any atom is -0.496 e. The summed E-state index contributed by atoms with van der Waals surface area (Å²) in [6.07, 6.45) is 1.87. The van der Waals surface area contributed by atoms with Crippen LogP contribution >= 0.6 is 0 Å². The molecule has 0 saturated heterocycles. The lowest BCUT2D eigenvalue weighted by Crippen LogP contribution is -2.38. The van der Waals surface area contributed by atoms with Crippen LogP contribution in [-0.4, -0.2) is 46.5 Å². The average molecular weight is 342 g/mol. The predicted octanol–water partition coefficient (Wildman–Crippen LogP) is 1.85. The van der Waals surface area contributed by atoms with Gasteiger partial charge in [-0.1, -0.05) is 13.3 Å². The zero-order chi connectivity index (χ0) is 17.6. The Balaban J connectivity index is 2.84. The van der Waals surface area contributed by atoms with E-state index >= 15 is 0 Å². The molecular weight excluding hydrogens is 316 g/mol. The number of ether oxygens (including phenoxy) is 1.